The van der Waals surface area contributed by atoms with Crippen molar-refractivity contribution in [2.45, 2.75) is 32.3 Å². The van der Waals surface area contributed by atoms with Crippen molar-refractivity contribution < 1.29 is 19.4 Å². The van der Waals surface area contributed by atoms with Crippen LogP contribution in [0.5, 0.6) is 0 Å². The van der Waals surface area contributed by atoms with Crippen LogP contribution >= 0.6 is 0 Å². The number of likely N-dealkylation sites (tertiary alicyclic amines) is 1. The van der Waals surface area contributed by atoms with Crippen molar-refractivity contribution in [3.8, 4) is 0 Å². The molecule has 7 heteroatoms. The van der Waals surface area contributed by atoms with Crippen LogP contribution in [0, 0.1) is 5.92 Å². The molecule has 1 aliphatic heterocycles. The van der Waals surface area contributed by atoms with Crippen molar-refractivity contribution in [3.63, 3.8) is 0 Å². The molecular weight excluding hydrogens is 274 g/mol. The maximum Gasteiger partial charge on any atom is 0.410 e. The topological polar surface area (TPSA) is 84.7 Å². The third kappa shape index (κ3) is 3.53. The van der Waals surface area contributed by atoms with Crippen molar-refractivity contribution in [3.05, 3.63) is 18.0 Å². The van der Waals surface area contributed by atoms with Crippen molar-refractivity contribution >= 4 is 12.1 Å². The quantitative estimate of drug-likeness (QED) is 0.892. The van der Waals surface area contributed by atoms with Crippen LogP contribution in [0.25, 0.3) is 0 Å². The number of rotatable bonds is 2. The van der Waals surface area contributed by atoms with Gasteiger partial charge in [-0.05, 0) is 26.3 Å². The van der Waals surface area contributed by atoms with Crippen molar-refractivity contribution in [1.82, 2.24) is 14.7 Å². The van der Waals surface area contributed by atoms with Crippen LogP contribution in [0.3, 0.4) is 0 Å². The SMILES string of the molecule is Cn1cc([C@H]2CN(C(=O)OC(C)(C)C)C[C@H]2C(=O)O)cn1. The Hall–Kier alpha value is -2.05. The second-order valence-corrected chi connectivity index (χ2v) is 6.38. The zero-order valence-corrected chi connectivity index (χ0v) is 12.7. The molecule has 1 amide bonds. The molecule has 0 saturated carbocycles. The molecule has 2 rings (SSSR count). The molecule has 1 saturated heterocycles. The number of aryl methyl sites for hydroxylation is 1. The smallest absolute Gasteiger partial charge is 0.410 e. The van der Waals surface area contributed by atoms with E-state index in [2.05, 4.69) is 5.10 Å². The van der Waals surface area contributed by atoms with Gasteiger partial charge in [-0.3, -0.25) is 9.48 Å². The van der Waals surface area contributed by atoms with Gasteiger partial charge in [0.2, 0.25) is 0 Å². The molecule has 0 unspecified atom stereocenters. The predicted octanol–water partition coefficient (Wildman–Crippen LogP) is 1.46. The van der Waals surface area contributed by atoms with E-state index < -0.39 is 23.6 Å². The average Bonchev–Trinajstić information content (AvgIpc) is 2.91. The van der Waals surface area contributed by atoms with Gasteiger partial charge in [-0.1, -0.05) is 0 Å². The number of aliphatic carboxylic acids is 1. The summed E-state index contributed by atoms with van der Waals surface area (Å²) >= 11 is 0. The summed E-state index contributed by atoms with van der Waals surface area (Å²) in [6, 6.07) is 0. The molecule has 2 heterocycles. The lowest BCUT2D eigenvalue weighted by atomic mass is 9.91. The van der Waals surface area contributed by atoms with Crippen LogP contribution < -0.4 is 0 Å². The van der Waals surface area contributed by atoms with Gasteiger partial charge < -0.3 is 14.7 Å². The van der Waals surface area contributed by atoms with Crippen LogP contribution in [0.15, 0.2) is 12.4 Å². The molecule has 0 spiro atoms. The second-order valence-electron chi connectivity index (χ2n) is 6.38. The number of hydrogen-bond acceptors (Lipinski definition) is 4. The fraction of sp³-hybridized carbons (Fsp3) is 0.643. The van der Waals surface area contributed by atoms with E-state index in [1.807, 2.05) is 0 Å². The van der Waals surface area contributed by atoms with Crippen molar-refractivity contribution in [2.24, 2.45) is 13.0 Å². The summed E-state index contributed by atoms with van der Waals surface area (Å²) in [6.07, 6.45) is 2.97. The molecule has 7 nitrogen and oxygen atoms in total. The Balaban J connectivity index is 2.15. The Morgan fingerprint density at radius 2 is 2.05 bits per heavy atom. The number of carboxylic acids is 1. The lowest BCUT2D eigenvalue weighted by molar-refractivity contribution is -0.141. The van der Waals surface area contributed by atoms with Crippen LogP contribution in [-0.4, -0.2) is 50.5 Å². The first kappa shape index (κ1) is 15.3. The number of carboxylic acid groups (broad SMARTS) is 1. The van der Waals surface area contributed by atoms with Crippen LogP contribution in [0.1, 0.15) is 32.3 Å². The summed E-state index contributed by atoms with van der Waals surface area (Å²) in [5.41, 5.74) is 0.235. The number of hydrogen-bond donors (Lipinski definition) is 1. The molecule has 1 aliphatic rings. The number of carbonyl (C=O) groups is 2. The number of ether oxygens (including phenoxy) is 1. The van der Waals surface area contributed by atoms with Crippen LogP contribution in [-0.2, 0) is 16.6 Å². The third-order valence-corrected chi connectivity index (χ3v) is 3.44. The van der Waals surface area contributed by atoms with Gasteiger partial charge in [-0.25, -0.2) is 4.79 Å². The first-order valence-corrected chi connectivity index (χ1v) is 6.86. The molecule has 0 radical (unpaired) electrons. The second kappa shape index (κ2) is 5.38. The van der Waals surface area contributed by atoms with E-state index in [0.29, 0.717) is 6.54 Å². The van der Waals surface area contributed by atoms with Gasteiger partial charge in [-0.15, -0.1) is 0 Å². The first-order valence-electron chi connectivity index (χ1n) is 6.86. The maximum absolute atomic E-state index is 12.1. The van der Waals surface area contributed by atoms with E-state index in [4.69, 9.17) is 4.74 Å². The zero-order chi connectivity index (χ0) is 15.8. The Labute approximate surface area is 123 Å². The zero-order valence-electron chi connectivity index (χ0n) is 12.7. The summed E-state index contributed by atoms with van der Waals surface area (Å²) in [5, 5.41) is 13.5. The third-order valence-electron chi connectivity index (χ3n) is 3.44. The van der Waals surface area contributed by atoms with Gasteiger partial charge in [-0.2, -0.15) is 5.10 Å². The van der Waals surface area contributed by atoms with Gasteiger partial charge >= 0.3 is 12.1 Å². The molecule has 1 aromatic rings. The highest BCUT2D eigenvalue weighted by molar-refractivity contribution is 5.75. The molecule has 0 bridgehead atoms. The fourth-order valence-electron chi connectivity index (χ4n) is 2.50. The van der Waals surface area contributed by atoms with Gasteiger partial charge in [0.25, 0.3) is 0 Å². The van der Waals surface area contributed by atoms with Gasteiger partial charge in [0.1, 0.15) is 5.60 Å². The minimum absolute atomic E-state index is 0.157. The average molecular weight is 295 g/mol. The highest BCUT2D eigenvalue weighted by Crippen LogP contribution is 2.33. The maximum atomic E-state index is 12.1. The fourth-order valence-corrected chi connectivity index (χ4v) is 2.50. The van der Waals surface area contributed by atoms with Crippen molar-refractivity contribution in [1.29, 1.82) is 0 Å². The van der Waals surface area contributed by atoms with Gasteiger partial charge in [0, 0.05) is 32.3 Å². The molecule has 0 aliphatic carbocycles. The lowest BCUT2D eigenvalue weighted by Crippen LogP contribution is -2.35. The molecule has 1 fully saturated rings. The summed E-state index contributed by atoms with van der Waals surface area (Å²) in [6.45, 7) is 5.85. The number of nitrogens with zero attached hydrogens (tertiary/aromatic N) is 3. The molecule has 0 aromatic carbocycles. The lowest BCUT2D eigenvalue weighted by Gasteiger charge is -2.24. The Kier molecular flexibility index (Phi) is 3.93. The van der Waals surface area contributed by atoms with Gasteiger partial charge in [0.15, 0.2) is 0 Å². The number of aromatic nitrogens is 2. The predicted molar refractivity (Wildman–Crippen MR) is 74.9 cm³/mol. The van der Waals surface area contributed by atoms with E-state index in [1.165, 1.54) is 4.90 Å². The summed E-state index contributed by atoms with van der Waals surface area (Å²) in [4.78, 5) is 25.0. The normalized spacial score (nSPS) is 22.4. The minimum Gasteiger partial charge on any atom is -0.481 e. The van der Waals surface area contributed by atoms with E-state index in [-0.39, 0.29) is 12.5 Å². The standard InChI is InChI=1S/C14H21N3O4/c1-14(2,3)21-13(20)17-7-10(11(8-17)12(18)19)9-5-15-16(4)6-9/h5-6,10-11H,7-8H2,1-4H3,(H,18,19)/t10-,11-/m1/s1. The molecule has 2 atom stereocenters. The van der Waals surface area contributed by atoms with E-state index in [0.717, 1.165) is 5.56 Å². The van der Waals surface area contributed by atoms with E-state index in [1.54, 1.807) is 44.9 Å². The highest BCUT2D eigenvalue weighted by Gasteiger charge is 2.42. The van der Waals surface area contributed by atoms with E-state index in [9.17, 15) is 14.7 Å². The summed E-state index contributed by atoms with van der Waals surface area (Å²) in [5.74, 6) is -1.81. The molecule has 1 N–H and O–H groups in total. The van der Waals surface area contributed by atoms with E-state index >= 15 is 0 Å². The number of amides is 1. The summed E-state index contributed by atoms with van der Waals surface area (Å²) < 4.78 is 6.94. The largest absolute Gasteiger partial charge is 0.481 e. The molecule has 21 heavy (non-hydrogen) atoms. The Morgan fingerprint density at radius 3 is 2.52 bits per heavy atom. The van der Waals surface area contributed by atoms with Gasteiger partial charge in [0.05, 0.1) is 12.1 Å². The monoisotopic (exact) mass is 295 g/mol. The molecular formula is C14H21N3O4. The minimum atomic E-state index is -0.907. The highest BCUT2D eigenvalue weighted by atomic mass is 16.6. The van der Waals surface area contributed by atoms with Crippen molar-refractivity contribution in [2.75, 3.05) is 13.1 Å². The Morgan fingerprint density at radius 1 is 1.38 bits per heavy atom. The number of carbonyl (C=O) groups excluding carboxylic acids is 1. The molecule has 116 valence electrons. The molecule has 1 aromatic heterocycles. The summed E-state index contributed by atoms with van der Waals surface area (Å²) in [7, 11) is 1.78. The first-order chi connectivity index (χ1) is 9.67. The van der Waals surface area contributed by atoms with Crippen LogP contribution in [0.4, 0.5) is 4.79 Å². The Bertz CT molecular complexity index is 547. The van der Waals surface area contributed by atoms with Crippen LogP contribution in [0.2, 0.25) is 0 Å².